The maximum atomic E-state index is 12.6. The van der Waals surface area contributed by atoms with Crippen molar-refractivity contribution in [1.82, 2.24) is 20.6 Å². The zero-order valence-corrected chi connectivity index (χ0v) is 30.4. The van der Waals surface area contributed by atoms with E-state index >= 15 is 0 Å². The summed E-state index contributed by atoms with van der Waals surface area (Å²) in [7, 11) is 1.28. The molecule has 12 heteroatoms. The molecule has 0 unspecified atom stereocenters. The highest BCUT2D eigenvalue weighted by Crippen LogP contribution is 2.37. The molecule has 0 bridgehead atoms. The van der Waals surface area contributed by atoms with Gasteiger partial charge in [0.2, 0.25) is 0 Å². The molecule has 2 atom stereocenters. The molecule has 0 fully saturated rings. The van der Waals surface area contributed by atoms with Crippen molar-refractivity contribution in [2.75, 3.05) is 20.3 Å². The van der Waals surface area contributed by atoms with E-state index in [9.17, 15) is 14.7 Å². The van der Waals surface area contributed by atoms with Gasteiger partial charge >= 0.3 is 12.0 Å². The number of allylic oxidation sites excluding steroid dienone is 1. The van der Waals surface area contributed by atoms with Gasteiger partial charge in [-0.15, -0.1) is 0 Å². The lowest BCUT2D eigenvalue weighted by Gasteiger charge is -2.28. The first-order chi connectivity index (χ1) is 25.3. The Morgan fingerprint density at radius 3 is 2.33 bits per heavy atom. The van der Waals surface area contributed by atoms with Crippen LogP contribution in [-0.4, -0.2) is 54.4 Å². The molecule has 0 saturated carbocycles. The number of aliphatic hydroxyl groups excluding tert-OH is 1. The Morgan fingerprint density at radius 2 is 1.65 bits per heavy atom. The third-order valence-electron chi connectivity index (χ3n) is 8.33. The maximum absolute atomic E-state index is 12.6. The molecule has 0 saturated heterocycles. The Kier molecular flexibility index (Phi) is 11.4. The van der Waals surface area contributed by atoms with Crippen molar-refractivity contribution in [3.63, 3.8) is 0 Å². The van der Waals surface area contributed by atoms with E-state index in [-0.39, 0.29) is 12.2 Å². The SMILES string of the molecule is CCOc1cc([C@@H]2NC(=O)NC(C)=C2C(=O)OC)ccc1OC[C@H](O)N/N=C/c1cc(-c2ccccc2)n(-c2ccc(Br)cc2)c1-c1ccccc1. The van der Waals surface area contributed by atoms with E-state index in [0.29, 0.717) is 29.4 Å². The number of halogens is 1. The van der Waals surface area contributed by atoms with Crippen LogP contribution in [0.25, 0.3) is 28.2 Å². The van der Waals surface area contributed by atoms with E-state index < -0.39 is 24.3 Å². The molecule has 1 aliphatic heterocycles. The van der Waals surface area contributed by atoms with Gasteiger partial charge in [0.05, 0.1) is 42.9 Å². The van der Waals surface area contributed by atoms with Crippen LogP contribution in [0.3, 0.4) is 0 Å². The number of methoxy groups -OCH3 is 1. The number of rotatable bonds is 13. The van der Waals surface area contributed by atoms with Crippen LogP contribution < -0.4 is 25.5 Å². The van der Waals surface area contributed by atoms with Crippen LogP contribution in [0, 0.1) is 0 Å². The molecule has 4 N–H and O–H groups in total. The number of ether oxygens (including phenoxy) is 3. The zero-order chi connectivity index (χ0) is 36.6. The molecule has 2 amide bonds. The summed E-state index contributed by atoms with van der Waals surface area (Å²) in [6.45, 7) is 3.64. The molecule has 0 spiro atoms. The number of esters is 1. The number of carbonyl (C=O) groups excluding carboxylic acids is 2. The predicted octanol–water partition coefficient (Wildman–Crippen LogP) is 7.09. The van der Waals surface area contributed by atoms with Crippen LogP contribution in [-0.2, 0) is 9.53 Å². The number of aliphatic hydroxyl groups is 1. The molecule has 0 radical (unpaired) electrons. The standard InChI is InChI=1S/C40H38BrN5O6/c1-4-51-34-22-28(37-36(39(48)50-3)25(2)43-40(49)44-37)15-20-33(34)52-24-35(47)45-42-23-29-21-32(26-11-7-5-8-12-26)46(31-18-16-30(41)17-19-31)38(29)27-13-9-6-10-14-27/h5-23,35,37,45,47H,4,24H2,1-3H3,(H2,43,44,49)/b42-23+/t35-,37-/m0/s1. The highest BCUT2D eigenvalue weighted by molar-refractivity contribution is 9.10. The summed E-state index contributed by atoms with van der Waals surface area (Å²) in [5, 5.41) is 20.7. The number of aromatic nitrogens is 1. The van der Waals surface area contributed by atoms with Gasteiger partial charge in [0.15, 0.2) is 17.7 Å². The van der Waals surface area contributed by atoms with Gasteiger partial charge in [0, 0.05) is 21.4 Å². The molecule has 11 nitrogen and oxygen atoms in total. The molecule has 5 aromatic rings. The first-order valence-corrected chi connectivity index (χ1v) is 17.4. The molecule has 2 heterocycles. The summed E-state index contributed by atoms with van der Waals surface area (Å²) in [6, 6.07) is 34.3. The van der Waals surface area contributed by atoms with Crippen molar-refractivity contribution in [3.8, 4) is 39.7 Å². The Balaban J connectivity index is 1.24. The van der Waals surface area contributed by atoms with Gasteiger partial charge in [-0.05, 0) is 73.0 Å². The van der Waals surface area contributed by atoms with Crippen LogP contribution in [0.5, 0.6) is 11.5 Å². The molecule has 52 heavy (non-hydrogen) atoms. The summed E-state index contributed by atoms with van der Waals surface area (Å²) in [5.74, 6) is 0.169. The minimum Gasteiger partial charge on any atom is -0.490 e. The first-order valence-electron chi connectivity index (χ1n) is 16.6. The molecule has 266 valence electrons. The number of hydrazone groups is 1. The fourth-order valence-corrected chi connectivity index (χ4v) is 6.28. The maximum Gasteiger partial charge on any atom is 0.337 e. The number of benzene rings is 4. The lowest BCUT2D eigenvalue weighted by molar-refractivity contribution is -0.136. The molecule has 0 aliphatic carbocycles. The number of hydrogen-bond donors (Lipinski definition) is 4. The van der Waals surface area contributed by atoms with E-state index in [0.717, 1.165) is 38.2 Å². The molecular weight excluding hydrogens is 726 g/mol. The zero-order valence-electron chi connectivity index (χ0n) is 28.8. The Hall–Kier alpha value is -5.85. The predicted molar refractivity (Wildman–Crippen MR) is 203 cm³/mol. The second kappa shape index (κ2) is 16.4. The van der Waals surface area contributed by atoms with Gasteiger partial charge in [0.25, 0.3) is 0 Å². The fraction of sp³-hybridized carbons (Fsp3) is 0.175. The molecular formula is C40H38BrN5O6. The minimum atomic E-state index is -1.17. The number of nitrogens with zero attached hydrogens (tertiary/aromatic N) is 2. The van der Waals surface area contributed by atoms with Gasteiger partial charge in [0.1, 0.15) is 6.61 Å². The Bertz CT molecular complexity index is 2100. The monoisotopic (exact) mass is 763 g/mol. The van der Waals surface area contributed by atoms with Gasteiger partial charge in [-0.1, -0.05) is 82.7 Å². The minimum absolute atomic E-state index is 0.159. The van der Waals surface area contributed by atoms with E-state index in [4.69, 9.17) is 14.2 Å². The van der Waals surface area contributed by atoms with Gasteiger partial charge < -0.3 is 34.5 Å². The number of hydrogen-bond acceptors (Lipinski definition) is 8. The van der Waals surface area contributed by atoms with Crippen LogP contribution in [0.15, 0.2) is 130 Å². The second-order valence-corrected chi connectivity index (χ2v) is 12.7. The molecule has 6 rings (SSSR count). The smallest absolute Gasteiger partial charge is 0.337 e. The number of carbonyl (C=O) groups is 2. The third-order valence-corrected chi connectivity index (χ3v) is 8.86. The van der Waals surface area contributed by atoms with Crippen LogP contribution in [0.4, 0.5) is 4.79 Å². The summed E-state index contributed by atoms with van der Waals surface area (Å²) >= 11 is 3.56. The second-order valence-electron chi connectivity index (χ2n) is 11.8. The Morgan fingerprint density at radius 1 is 0.962 bits per heavy atom. The lowest BCUT2D eigenvalue weighted by atomic mass is 9.95. The highest BCUT2D eigenvalue weighted by atomic mass is 79.9. The number of urea groups is 1. The average molecular weight is 765 g/mol. The topological polar surface area (TPSA) is 135 Å². The first kappa shape index (κ1) is 36.0. The van der Waals surface area contributed by atoms with E-state index in [2.05, 4.69) is 84.1 Å². The summed E-state index contributed by atoms with van der Waals surface area (Å²) in [4.78, 5) is 24.9. The molecule has 1 aliphatic rings. The van der Waals surface area contributed by atoms with Crippen LogP contribution in [0.2, 0.25) is 0 Å². The van der Waals surface area contributed by atoms with Crippen molar-refractivity contribution >= 4 is 34.1 Å². The lowest BCUT2D eigenvalue weighted by Crippen LogP contribution is -2.45. The average Bonchev–Trinajstić information content (AvgIpc) is 3.54. The van der Waals surface area contributed by atoms with Gasteiger partial charge in [-0.25, -0.2) is 9.59 Å². The van der Waals surface area contributed by atoms with Crippen molar-refractivity contribution in [1.29, 1.82) is 0 Å². The molecule has 1 aromatic heterocycles. The van der Waals surface area contributed by atoms with Crippen LogP contribution >= 0.6 is 15.9 Å². The summed E-state index contributed by atoms with van der Waals surface area (Å²) < 4.78 is 19.9. The van der Waals surface area contributed by atoms with Crippen molar-refractivity contribution < 1.29 is 28.9 Å². The van der Waals surface area contributed by atoms with Crippen LogP contribution in [0.1, 0.15) is 31.0 Å². The highest BCUT2D eigenvalue weighted by Gasteiger charge is 2.32. The fourth-order valence-electron chi connectivity index (χ4n) is 6.01. The third kappa shape index (κ3) is 8.03. The van der Waals surface area contributed by atoms with Crippen molar-refractivity contribution in [3.05, 3.63) is 136 Å². The van der Waals surface area contributed by atoms with E-state index in [1.807, 2.05) is 55.5 Å². The van der Waals surface area contributed by atoms with Crippen molar-refractivity contribution in [2.24, 2.45) is 5.10 Å². The van der Waals surface area contributed by atoms with Gasteiger partial charge in [-0.3, -0.25) is 5.43 Å². The normalized spacial score (nSPS) is 14.8. The van der Waals surface area contributed by atoms with Crippen molar-refractivity contribution in [2.45, 2.75) is 26.1 Å². The van der Waals surface area contributed by atoms with Gasteiger partial charge in [-0.2, -0.15) is 5.10 Å². The quantitative estimate of drug-likeness (QED) is 0.0435. The summed E-state index contributed by atoms with van der Waals surface area (Å²) in [5.41, 5.74) is 9.80. The summed E-state index contributed by atoms with van der Waals surface area (Å²) in [6.07, 6.45) is 0.517. The number of nitrogens with one attached hydrogen (secondary N) is 3. The Labute approximate surface area is 310 Å². The van der Waals surface area contributed by atoms with E-state index in [1.165, 1.54) is 7.11 Å². The van der Waals surface area contributed by atoms with E-state index in [1.54, 1.807) is 31.3 Å². The largest absolute Gasteiger partial charge is 0.490 e. The molecule has 4 aromatic carbocycles. The number of amides is 2.